The van der Waals surface area contributed by atoms with Crippen molar-refractivity contribution in [1.82, 2.24) is 9.55 Å². The molecule has 1 aliphatic heterocycles. The van der Waals surface area contributed by atoms with Crippen LogP contribution in [0.2, 0.25) is 0 Å². The maximum Gasteiger partial charge on any atom is 0.261 e. The first-order chi connectivity index (χ1) is 12.6. The summed E-state index contributed by atoms with van der Waals surface area (Å²) in [7, 11) is 0. The van der Waals surface area contributed by atoms with Crippen LogP contribution in [-0.4, -0.2) is 22.6 Å². The molecule has 4 rings (SSSR count). The van der Waals surface area contributed by atoms with Crippen LogP contribution in [0.1, 0.15) is 30.7 Å². The third-order valence-corrected chi connectivity index (χ3v) is 5.17. The SMILES string of the molecule is Cc1nc2cc(N3CCCCC3)c(N)cc2c(=O)n1Cc1ccccc1. The van der Waals surface area contributed by atoms with Crippen molar-refractivity contribution in [3.8, 4) is 0 Å². The van der Waals surface area contributed by atoms with E-state index in [9.17, 15) is 4.79 Å². The fraction of sp³-hybridized carbons (Fsp3) is 0.333. The lowest BCUT2D eigenvalue weighted by atomic mass is 10.1. The van der Waals surface area contributed by atoms with Gasteiger partial charge in [0.1, 0.15) is 5.82 Å². The summed E-state index contributed by atoms with van der Waals surface area (Å²) in [6.07, 6.45) is 3.64. The molecule has 0 aliphatic carbocycles. The summed E-state index contributed by atoms with van der Waals surface area (Å²) in [5.41, 5.74) is 9.75. The zero-order valence-corrected chi connectivity index (χ0v) is 15.1. The maximum atomic E-state index is 13.0. The minimum atomic E-state index is -0.0340. The van der Waals surface area contributed by atoms with E-state index in [4.69, 9.17) is 10.7 Å². The van der Waals surface area contributed by atoms with Crippen molar-refractivity contribution in [1.29, 1.82) is 0 Å². The van der Waals surface area contributed by atoms with E-state index in [2.05, 4.69) is 4.90 Å². The van der Waals surface area contributed by atoms with Crippen molar-refractivity contribution in [3.05, 3.63) is 64.2 Å². The highest BCUT2D eigenvalue weighted by atomic mass is 16.1. The second-order valence-electron chi connectivity index (χ2n) is 7.01. The molecule has 2 aromatic carbocycles. The average molecular weight is 348 g/mol. The first-order valence-corrected chi connectivity index (χ1v) is 9.23. The molecule has 0 amide bonds. The quantitative estimate of drug-likeness (QED) is 0.738. The average Bonchev–Trinajstić information content (AvgIpc) is 2.67. The monoisotopic (exact) mass is 348 g/mol. The van der Waals surface area contributed by atoms with E-state index in [1.54, 1.807) is 10.6 Å². The molecule has 0 radical (unpaired) electrons. The van der Waals surface area contributed by atoms with Crippen LogP contribution in [-0.2, 0) is 6.54 Å². The fourth-order valence-corrected chi connectivity index (χ4v) is 3.75. The molecule has 0 spiro atoms. The van der Waals surface area contributed by atoms with Crippen LogP contribution in [0, 0.1) is 6.92 Å². The van der Waals surface area contributed by atoms with Crippen molar-refractivity contribution < 1.29 is 0 Å². The Kier molecular flexibility index (Phi) is 4.37. The highest BCUT2D eigenvalue weighted by molar-refractivity contribution is 5.88. The van der Waals surface area contributed by atoms with Crippen LogP contribution >= 0.6 is 0 Å². The lowest BCUT2D eigenvalue weighted by Crippen LogP contribution is -2.30. The number of nitrogens with zero attached hydrogens (tertiary/aromatic N) is 3. The number of aromatic nitrogens is 2. The Balaban J connectivity index is 1.79. The third kappa shape index (κ3) is 3.05. The van der Waals surface area contributed by atoms with Gasteiger partial charge in [-0.15, -0.1) is 0 Å². The summed E-state index contributed by atoms with van der Waals surface area (Å²) in [4.78, 5) is 20.1. The van der Waals surface area contributed by atoms with Crippen LogP contribution in [0.5, 0.6) is 0 Å². The Morgan fingerprint density at radius 2 is 1.81 bits per heavy atom. The minimum Gasteiger partial charge on any atom is -0.397 e. The van der Waals surface area contributed by atoms with Gasteiger partial charge in [0.05, 0.1) is 28.8 Å². The molecule has 5 heteroatoms. The normalized spacial score (nSPS) is 14.7. The van der Waals surface area contributed by atoms with Crippen LogP contribution < -0.4 is 16.2 Å². The molecule has 3 aromatic rings. The largest absolute Gasteiger partial charge is 0.397 e. The topological polar surface area (TPSA) is 64.2 Å². The van der Waals surface area contributed by atoms with E-state index in [0.29, 0.717) is 17.6 Å². The predicted molar refractivity (Wildman–Crippen MR) is 107 cm³/mol. The van der Waals surface area contributed by atoms with Gasteiger partial charge in [0.25, 0.3) is 5.56 Å². The van der Waals surface area contributed by atoms with E-state index in [1.807, 2.05) is 43.3 Å². The predicted octanol–water partition coefficient (Wildman–Crippen LogP) is 3.33. The molecule has 1 saturated heterocycles. The number of hydrogen-bond donors (Lipinski definition) is 1. The highest BCUT2D eigenvalue weighted by Crippen LogP contribution is 2.29. The molecule has 0 atom stereocenters. The first kappa shape index (κ1) is 16.6. The number of nitrogen functional groups attached to an aromatic ring is 1. The van der Waals surface area contributed by atoms with Gasteiger partial charge in [-0.3, -0.25) is 9.36 Å². The van der Waals surface area contributed by atoms with Gasteiger partial charge in [0.15, 0.2) is 0 Å². The number of piperidine rings is 1. The van der Waals surface area contributed by atoms with Crippen molar-refractivity contribution >= 4 is 22.3 Å². The van der Waals surface area contributed by atoms with Gasteiger partial charge in [-0.25, -0.2) is 4.98 Å². The summed E-state index contributed by atoms with van der Waals surface area (Å²) < 4.78 is 1.72. The Morgan fingerprint density at radius 3 is 2.54 bits per heavy atom. The lowest BCUT2D eigenvalue weighted by molar-refractivity contribution is 0.578. The molecule has 2 N–H and O–H groups in total. The van der Waals surface area contributed by atoms with Gasteiger partial charge in [0.2, 0.25) is 0 Å². The highest BCUT2D eigenvalue weighted by Gasteiger charge is 2.17. The number of benzene rings is 2. The van der Waals surface area contributed by atoms with E-state index in [1.165, 1.54) is 19.3 Å². The maximum absolute atomic E-state index is 13.0. The molecular formula is C21H24N4O. The molecule has 5 nitrogen and oxygen atoms in total. The summed E-state index contributed by atoms with van der Waals surface area (Å²) in [6, 6.07) is 13.8. The van der Waals surface area contributed by atoms with Gasteiger partial charge >= 0.3 is 0 Å². The van der Waals surface area contributed by atoms with Crippen molar-refractivity contribution in [2.45, 2.75) is 32.7 Å². The van der Waals surface area contributed by atoms with Gasteiger partial charge in [-0.1, -0.05) is 30.3 Å². The Labute approximate surface area is 153 Å². The third-order valence-electron chi connectivity index (χ3n) is 5.17. The molecule has 1 aliphatic rings. The van der Waals surface area contributed by atoms with E-state index < -0.39 is 0 Å². The molecule has 0 bridgehead atoms. The van der Waals surface area contributed by atoms with Crippen LogP contribution in [0.15, 0.2) is 47.3 Å². The van der Waals surface area contributed by atoms with E-state index in [0.717, 1.165) is 35.7 Å². The smallest absolute Gasteiger partial charge is 0.261 e. The van der Waals surface area contributed by atoms with Crippen LogP contribution in [0.4, 0.5) is 11.4 Å². The van der Waals surface area contributed by atoms with Crippen molar-refractivity contribution in [3.63, 3.8) is 0 Å². The van der Waals surface area contributed by atoms with E-state index >= 15 is 0 Å². The number of hydrogen-bond acceptors (Lipinski definition) is 4. The van der Waals surface area contributed by atoms with Crippen LogP contribution in [0.3, 0.4) is 0 Å². The first-order valence-electron chi connectivity index (χ1n) is 9.23. The zero-order chi connectivity index (χ0) is 18.1. The summed E-state index contributed by atoms with van der Waals surface area (Å²) in [6.45, 7) is 4.43. The summed E-state index contributed by atoms with van der Waals surface area (Å²) in [5, 5.41) is 0.588. The van der Waals surface area contributed by atoms with E-state index in [-0.39, 0.29) is 5.56 Å². The molecule has 26 heavy (non-hydrogen) atoms. The standard InChI is InChI=1S/C21H24N4O/c1-15-23-19-13-20(24-10-6-3-7-11-24)18(22)12-17(19)21(26)25(15)14-16-8-4-2-5-9-16/h2,4-5,8-9,12-13H,3,6-7,10-11,14,22H2,1H3. The number of anilines is 2. The Morgan fingerprint density at radius 1 is 1.08 bits per heavy atom. The molecule has 2 heterocycles. The number of nitrogens with two attached hydrogens (primary N) is 1. The Bertz CT molecular complexity index is 988. The van der Waals surface area contributed by atoms with Gasteiger partial charge < -0.3 is 10.6 Å². The van der Waals surface area contributed by atoms with Gasteiger partial charge in [0, 0.05) is 13.1 Å². The van der Waals surface area contributed by atoms with Crippen molar-refractivity contribution in [2.75, 3.05) is 23.7 Å². The fourth-order valence-electron chi connectivity index (χ4n) is 3.75. The molecule has 0 unspecified atom stereocenters. The summed E-state index contributed by atoms with van der Waals surface area (Å²) >= 11 is 0. The molecule has 1 fully saturated rings. The molecular weight excluding hydrogens is 324 g/mol. The number of aryl methyl sites for hydroxylation is 1. The minimum absolute atomic E-state index is 0.0340. The lowest BCUT2D eigenvalue weighted by Gasteiger charge is -2.30. The van der Waals surface area contributed by atoms with Crippen molar-refractivity contribution in [2.24, 2.45) is 0 Å². The van der Waals surface area contributed by atoms with Gasteiger partial charge in [-0.2, -0.15) is 0 Å². The molecule has 1 aromatic heterocycles. The molecule has 134 valence electrons. The zero-order valence-electron chi connectivity index (χ0n) is 15.1. The Hall–Kier alpha value is -2.82. The van der Waals surface area contributed by atoms with Crippen LogP contribution in [0.25, 0.3) is 10.9 Å². The van der Waals surface area contributed by atoms with Gasteiger partial charge in [-0.05, 0) is 43.9 Å². The second kappa shape index (κ2) is 6.83. The molecule has 0 saturated carbocycles. The summed E-state index contributed by atoms with van der Waals surface area (Å²) in [5.74, 6) is 0.723. The number of fused-ring (bicyclic) bond motifs is 1. The number of rotatable bonds is 3. The second-order valence-corrected chi connectivity index (χ2v) is 7.01.